The summed E-state index contributed by atoms with van der Waals surface area (Å²) in [5.41, 5.74) is 8.02. The van der Waals surface area contributed by atoms with Gasteiger partial charge in [0, 0.05) is 30.7 Å². The van der Waals surface area contributed by atoms with Crippen LogP contribution in [0.5, 0.6) is 0 Å². The number of hydrogen-bond donors (Lipinski definition) is 1. The van der Waals surface area contributed by atoms with Gasteiger partial charge in [-0.25, -0.2) is 0 Å². The third-order valence-electron chi connectivity index (χ3n) is 6.08. The number of nitrogens with two attached hydrogens (primary N) is 1. The molecule has 148 valence electrons. The number of nitrogens with zero attached hydrogens (tertiary/aromatic N) is 2. The molecular formula is C22H27N3O2S. The third kappa shape index (κ3) is 3.84. The van der Waals surface area contributed by atoms with Crippen LogP contribution in [-0.2, 0) is 0 Å². The summed E-state index contributed by atoms with van der Waals surface area (Å²) in [6.07, 6.45) is 4.71. The van der Waals surface area contributed by atoms with Crippen LogP contribution < -0.4 is 5.73 Å². The van der Waals surface area contributed by atoms with Gasteiger partial charge in [0.2, 0.25) is 0 Å². The lowest BCUT2D eigenvalue weighted by Gasteiger charge is -2.30. The van der Waals surface area contributed by atoms with E-state index in [1.54, 1.807) is 6.07 Å². The average molecular weight is 398 g/mol. The van der Waals surface area contributed by atoms with Crippen LogP contribution in [0, 0.1) is 0 Å². The van der Waals surface area contributed by atoms with Gasteiger partial charge in [0.25, 0.3) is 11.8 Å². The van der Waals surface area contributed by atoms with Gasteiger partial charge >= 0.3 is 0 Å². The van der Waals surface area contributed by atoms with Crippen LogP contribution in [-0.4, -0.2) is 53.3 Å². The van der Waals surface area contributed by atoms with E-state index in [1.165, 1.54) is 24.2 Å². The zero-order chi connectivity index (χ0) is 19.7. The molecule has 0 unspecified atom stereocenters. The molecule has 0 radical (unpaired) electrons. The predicted molar refractivity (Wildman–Crippen MR) is 113 cm³/mol. The van der Waals surface area contributed by atoms with Gasteiger partial charge in [0.15, 0.2) is 0 Å². The quantitative estimate of drug-likeness (QED) is 0.838. The highest BCUT2D eigenvalue weighted by Crippen LogP contribution is 2.28. The summed E-state index contributed by atoms with van der Waals surface area (Å²) < 4.78 is 0. The van der Waals surface area contributed by atoms with E-state index < -0.39 is 5.91 Å². The van der Waals surface area contributed by atoms with Gasteiger partial charge in [-0.1, -0.05) is 12.1 Å². The highest BCUT2D eigenvalue weighted by atomic mass is 32.1. The van der Waals surface area contributed by atoms with Crippen LogP contribution in [0.1, 0.15) is 52.6 Å². The van der Waals surface area contributed by atoms with Crippen molar-refractivity contribution in [3.05, 3.63) is 46.2 Å². The number of amides is 2. The van der Waals surface area contributed by atoms with Crippen LogP contribution in [0.15, 0.2) is 35.7 Å². The second kappa shape index (κ2) is 8.05. The van der Waals surface area contributed by atoms with Crippen molar-refractivity contribution < 1.29 is 9.59 Å². The standard InChI is InChI=1S/C22H27N3O2S/c1-15-4-2-10-24(15)13-19-5-3-11-25(19)22(27)17-8-6-16(7-9-17)18-12-20(21(23)26)28-14-18/h6-9,12,14-15,19H,2-5,10-11,13H2,1H3,(H2,23,26)/t15-,19+/m1/s1. The van der Waals surface area contributed by atoms with E-state index in [1.807, 2.05) is 29.6 Å². The summed E-state index contributed by atoms with van der Waals surface area (Å²) in [4.78, 5) is 29.5. The summed E-state index contributed by atoms with van der Waals surface area (Å²) in [6, 6.07) is 10.5. The summed E-state index contributed by atoms with van der Waals surface area (Å²) in [5.74, 6) is -0.278. The minimum absolute atomic E-state index is 0.129. The molecule has 0 spiro atoms. The van der Waals surface area contributed by atoms with Crippen LogP contribution >= 0.6 is 11.3 Å². The molecule has 28 heavy (non-hydrogen) atoms. The lowest BCUT2D eigenvalue weighted by molar-refractivity contribution is 0.0696. The molecule has 0 aliphatic carbocycles. The van der Waals surface area contributed by atoms with Crippen LogP contribution in [0.4, 0.5) is 0 Å². The Labute approximate surface area is 170 Å². The van der Waals surface area contributed by atoms with Crippen molar-refractivity contribution in [2.45, 2.75) is 44.7 Å². The number of likely N-dealkylation sites (tertiary alicyclic amines) is 2. The highest BCUT2D eigenvalue weighted by molar-refractivity contribution is 7.12. The lowest BCUT2D eigenvalue weighted by Crippen LogP contribution is -2.44. The van der Waals surface area contributed by atoms with Crippen molar-refractivity contribution >= 4 is 23.2 Å². The Bertz CT molecular complexity index is 861. The second-order valence-corrected chi connectivity index (χ2v) is 8.83. The molecule has 2 aromatic rings. The fourth-order valence-corrected chi connectivity index (χ4v) is 5.18. The zero-order valence-electron chi connectivity index (χ0n) is 16.3. The van der Waals surface area contributed by atoms with E-state index in [-0.39, 0.29) is 5.91 Å². The predicted octanol–water partition coefficient (Wildman–Crippen LogP) is 3.60. The first kappa shape index (κ1) is 19.2. The zero-order valence-corrected chi connectivity index (χ0v) is 17.1. The van der Waals surface area contributed by atoms with Crippen molar-refractivity contribution in [3.63, 3.8) is 0 Å². The monoisotopic (exact) mass is 397 g/mol. The Balaban J connectivity index is 1.45. The molecule has 2 saturated heterocycles. The van der Waals surface area contributed by atoms with E-state index >= 15 is 0 Å². The lowest BCUT2D eigenvalue weighted by atomic mass is 10.1. The number of benzene rings is 1. The first-order valence-corrected chi connectivity index (χ1v) is 10.9. The molecule has 2 aliphatic heterocycles. The Kier molecular flexibility index (Phi) is 5.51. The fourth-order valence-electron chi connectivity index (χ4n) is 4.42. The topological polar surface area (TPSA) is 66.6 Å². The summed E-state index contributed by atoms with van der Waals surface area (Å²) in [6.45, 7) is 5.29. The molecule has 4 rings (SSSR count). The maximum atomic E-state index is 13.1. The van der Waals surface area contributed by atoms with Crippen molar-refractivity contribution in [3.8, 4) is 11.1 Å². The average Bonchev–Trinajstić information content (AvgIpc) is 3.43. The molecule has 0 saturated carbocycles. The maximum absolute atomic E-state index is 13.1. The molecule has 6 heteroatoms. The van der Waals surface area contributed by atoms with Crippen LogP contribution in [0.3, 0.4) is 0 Å². The minimum Gasteiger partial charge on any atom is -0.365 e. The fraction of sp³-hybridized carbons (Fsp3) is 0.455. The largest absolute Gasteiger partial charge is 0.365 e. The van der Waals surface area contributed by atoms with Crippen LogP contribution in [0.25, 0.3) is 11.1 Å². The molecule has 3 heterocycles. The first-order chi connectivity index (χ1) is 13.5. The van der Waals surface area contributed by atoms with Gasteiger partial charge in [-0.15, -0.1) is 11.3 Å². The Morgan fingerprint density at radius 1 is 1.11 bits per heavy atom. The summed E-state index contributed by atoms with van der Waals surface area (Å²) in [5, 5.41) is 1.92. The number of primary amides is 1. The van der Waals surface area contributed by atoms with E-state index in [9.17, 15) is 9.59 Å². The van der Waals surface area contributed by atoms with Crippen molar-refractivity contribution in [1.29, 1.82) is 0 Å². The number of hydrogen-bond acceptors (Lipinski definition) is 4. The Hall–Kier alpha value is -2.18. The molecule has 2 fully saturated rings. The van der Waals surface area contributed by atoms with Gasteiger partial charge in [0.05, 0.1) is 4.88 Å². The number of rotatable bonds is 5. The van der Waals surface area contributed by atoms with Crippen molar-refractivity contribution in [1.82, 2.24) is 9.80 Å². The molecule has 2 N–H and O–H groups in total. The Morgan fingerprint density at radius 3 is 2.50 bits per heavy atom. The van der Waals surface area contributed by atoms with Gasteiger partial charge in [-0.05, 0) is 73.9 Å². The number of carbonyl (C=O) groups is 2. The molecule has 2 amide bonds. The first-order valence-electron chi connectivity index (χ1n) is 10.1. The van der Waals surface area contributed by atoms with E-state index in [0.717, 1.165) is 49.2 Å². The van der Waals surface area contributed by atoms with Gasteiger partial charge in [-0.3, -0.25) is 14.5 Å². The minimum atomic E-state index is -0.407. The molecule has 1 aromatic heterocycles. The molecule has 2 aliphatic rings. The molecule has 1 aromatic carbocycles. The molecular weight excluding hydrogens is 370 g/mol. The van der Waals surface area contributed by atoms with E-state index in [4.69, 9.17) is 5.73 Å². The van der Waals surface area contributed by atoms with Crippen LogP contribution in [0.2, 0.25) is 0 Å². The van der Waals surface area contributed by atoms with E-state index in [0.29, 0.717) is 17.0 Å². The van der Waals surface area contributed by atoms with Crippen molar-refractivity contribution in [2.75, 3.05) is 19.6 Å². The van der Waals surface area contributed by atoms with Gasteiger partial charge in [0.1, 0.15) is 0 Å². The SMILES string of the molecule is C[C@@H]1CCCN1C[C@@H]1CCCN1C(=O)c1ccc(-c2csc(C(N)=O)c2)cc1. The second-order valence-electron chi connectivity index (χ2n) is 7.92. The molecule has 2 atom stereocenters. The molecule has 5 nitrogen and oxygen atoms in total. The summed E-state index contributed by atoms with van der Waals surface area (Å²) >= 11 is 1.34. The highest BCUT2D eigenvalue weighted by Gasteiger charge is 2.32. The number of carbonyl (C=O) groups excluding carboxylic acids is 2. The normalized spacial score (nSPS) is 22.7. The van der Waals surface area contributed by atoms with E-state index in [2.05, 4.69) is 16.7 Å². The summed E-state index contributed by atoms with van der Waals surface area (Å²) in [7, 11) is 0. The van der Waals surface area contributed by atoms with Gasteiger partial charge in [-0.2, -0.15) is 0 Å². The Morgan fingerprint density at radius 2 is 1.86 bits per heavy atom. The maximum Gasteiger partial charge on any atom is 0.258 e. The number of thiophene rings is 1. The third-order valence-corrected chi connectivity index (χ3v) is 7.03. The smallest absolute Gasteiger partial charge is 0.258 e. The van der Waals surface area contributed by atoms with Crippen molar-refractivity contribution in [2.24, 2.45) is 5.73 Å². The van der Waals surface area contributed by atoms with Gasteiger partial charge < -0.3 is 10.6 Å². The molecule has 0 bridgehead atoms.